The predicted octanol–water partition coefficient (Wildman–Crippen LogP) is 1.65. The van der Waals surface area contributed by atoms with Gasteiger partial charge in [-0.1, -0.05) is 13.3 Å². The van der Waals surface area contributed by atoms with Crippen LogP contribution in [-0.4, -0.2) is 42.0 Å². The smallest absolute Gasteiger partial charge is 0.0434 e. The van der Waals surface area contributed by atoms with Crippen molar-refractivity contribution in [1.29, 1.82) is 0 Å². The molecule has 0 spiro atoms. The minimum absolute atomic E-state index is 0.349. The van der Waals surface area contributed by atoms with E-state index < -0.39 is 0 Å². The van der Waals surface area contributed by atoms with Crippen molar-refractivity contribution < 1.29 is 5.11 Å². The molecule has 1 fully saturated rings. The lowest BCUT2D eigenvalue weighted by atomic mass is 10.1. The Hall–Kier alpha value is 0.270. The fourth-order valence-corrected chi connectivity index (χ4v) is 2.55. The highest BCUT2D eigenvalue weighted by Crippen LogP contribution is 2.21. The van der Waals surface area contributed by atoms with Gasteiger partial charge in [0, 0.05) is 19.7 Å². The third kappa shape index (κ3) is 3.79. The Morgan fingerprint density at radius 3 is 2.93 bits per heavy atom. The van der Waals surface area contributed by atoms with Crippen molar-refractivity contribution in [2.75, 3.05) is 32.0 Å². The third-order valence-electron chi connectivity index (χ3n) is 3.26. The standard InChI is InChI=1S/C11H23NOS/c1-2-10(9-14)7-12-5-3-11(8-12)4-6-13/h10-11,13-14H,2-9H2,1H3. The van der Waals surface area contributed by atoms with Gasteiger partial charge in [0.25, 0.3) is 0 Å². The molecule has 0 saturated carbocycles. The molecular weight excluding hydrogens is 194 g/mol. The van der Waals surface area contributed by atoms with E-state index in [1.165, 1.54) is 32.5 Å². The monoisotopic (exact) mass is 217 g/mol. The number of thiol groups is 1. The van der Waals surface area contributed by atoms with Gasteiger partial charge in [0.05, 0.1) is 0 Å². The minimum atomic E-state index is 0.349. The molecule has 2 nitrogen and oxygen atoms in total. The van der Waals surface area contributed by atoms with Crippen LogP contribution < -0.4 is 0 Å². The molecular formula is C11H23NOS. The lowest BCUT2D eigenvalue weighted by Gasteiger charge is -2.21. The van der Waals surface area contributed by atoms with Gasteiger partial charge in [-0.25, -0.2) is 0 Å². The SMILES string of the molecule is CCC(CS)CN1CCC(CCO)C1. The van der Waals surface area contributed by atoms with Crippen molar-refractivity contribution in [2.24, 2.45) is 11.8 Å². The van der Waals surface area contributed by atoms with Crippen LogP contribution in [0.1, 0.15) is 26.2 Å². The van der Waals surface area contributed by atoms with Crippen molar-refractivity contribution >= 4 is 12.6 Å². The number of nitrogens with zero attached hydrogens (tertiary/aromatic N) is 1. The van der Waals surface area contributed by atoms with E-state index in [-0.39, 0.29) is 0 Å². The molecule has 0 bridgehead atoms. The molecule has 1 rings (SSSR count). The molecule has 84 valence electrons. The molecule has 0 radical (unpaired) electrons. The first-order valence-corrected chi connectivity index (χ1v) is 6.37. The zero-order valence-electron chi connectivity index (χ0n) is 9.15. The van der Waals surface area contributed by atoms with Crippen molar-refractivity contribution in [3.05, 3.63) is 0 Å². The topological polar surface area (TPSA) is 23.5 Å². The zero-order valence-corrected chi connectivity index (χ0v) is 10.0. The maximum atomic E-state index is 8.86. The molecule has 2 unspecified atom stereocenters. The summed E-state index contributed by atoms with van der Waals surface area (Å²) in [4.78, 5) is 2.53. The number of hydrogen-bond donors (Lipinski definition) is 2. The van der Waals surface area contributed by atoms with E-state index in [4.69, 9.17) is 5.11 Å². The first-order chi connectivity index (χ1) is 6.80. The lowest BCUT2D eigenvalue weighted by Crippen LogP contribution is -2.28. The van der Waals surface area contributed by atoms with Crippen LogP contribution in [0.2, 0.25) is 0 Å². The number of likely N-dealkylation sites (tertiary alicyclic amines) is 1. The van der Waals surface area contributed by atoms with Gasteiger partial charge in [-0.05, 0) is 37.0 Å². The summed E-state index contributed by atoms with van der Waals surface area (Å²) in [5.74, 6) is 2.47. The van der Waals surface area contributed by atoms with Crippen LogP contribution in [0, 0.1) is 11.8 Å². The van der Waals surface area contributed by atoms with E-state index >= 15 is 0 Å². The molecule has 0 aromatic rings. The Labute approximate surface area is 93.1 Å². The number of hydrogen-bond acceptors (Lipinski definition) is 3. The van der Waals surface area contributed by atoms with Crippen molar-refractivity contribution in [3.63, 3.8) is 0 Å². The van der Waals surface area contributed by atoms with Crippen molar-refractivity contribution in [1.82, 2.24) is 4.90 Å². The van der Waals surface area contributed by atoms with Crippen LogP contribution in [0.25, 0.3) is 0 Å². The summed E-state index contributed by atoms with van der Waals surface area (Å²) in [7, 11) is 0. The molecule has 0 aromatic carbocycles. The van der Waals surface area contributed by atoms with Crippen LogP contribution in [0.15, 0.2) is 0 Å². The second-order valence-corrected chi connectivity index (χ2v) is 4.75. The van der Waals surface area contributed by atoms with Gasteiger partial charge in [0.1, 0.15) is 0 Å². The number of aliphatic hydroxyl groups excluding tert-OH is 1. The fourth-order valence-electron chi connectivity index (χ4n) is 2.18. The van der Waals surface area contributed by atoms with Gasteiger partial charge in [-0.15, -0.1) is 0 Å². The molecule has 0 aromatic heterocycles. The summed E-state index contributed by atoms with van der Waals surface area (Å²) in [5.41, 5.74) is 0. The van der Waals surface area contributed by atoms with Crippen LogP contribution in [-0.2, 0) is 0 Å². The number of aliphatic hydroxyl groups is 1. The summed E-state index contributed by atoms with van der Waals surface area (Å²) < 4.78 is 0. The Morgan fingerprint density at radius 1 is 1.57 bits per heavy atom. The second-order valence-electron chi connectivity index (χ2n) is 4.38. The number of rotatable bonds is 6. The van der Waals surface area contributed by atoms with Crippen molar-refractivity contribution in [3.8, 4) is 0 Å². The molecule has 14 heavy (non-hydrogen) atoms. The highest BCUT2D eigenvalue weighted by molar-refractivity contribution is 7.80. The van der Waals surface area contributed by atoms with Gasteiger partial charge < -0.3 is 10.0 Å². The highest BCUT2D eigenvalue weighted by atomic mass is 32.1. The first kappa shape index (κ1) is 12.3. The minimum Gasteiger partial charge on any atom is -0.396 e. The van der Waals surface area contributed by atoms with Crippen LogP contribution in [0.3, 0.4) is 0 Å². The van der Waals surface area contributed by atoms with Crippen LogP contribution >= 0.6 is 12.6 Å². The van der Waals surface area contributed by atoms with Gasteiger partial charge in [0.15, 0.2) is 0 Å². The molecule has 3 heteroatoms. The van der Waals surface area contributed by atoms with Crippen molar-refractivity contribution in [2.45, 2.75) is 26.2 Å². The molecule has 1 heterocycles. The van der Waals surface area contributed by atoms with E-state index in [1.807, 2.05) is 0 Å². The second kappa shape index (κ2) is 6.70. The summed E-state index contributed by atoms with van der Waals surface area (Å²) in [5, 5.41) is 8.86. The summed E-state index contributed by atoms with van der Waals surface area (Å²) in [6.45, 7) is 6.19. The van der Waals surface area contributed by atoms with Gasteiger partial charge in [0.2, 0.25) is 0 Å². The molecule has 0 amide bonds. The van der Waals surface area contributed by atoms with Gasteiger partial charge in [-0.3, -0.25) is 0 Å². The van der Waals surface area contributed by atoms with Crippen LogP contribution in [0.5, 0.6) is 0 Å². The Kier molecular flexibility index (Phi) is 5.90. The van der Waals surface area contributed by atoms with Gasteiger partial charge >= 0.3 is 0 Å². The molecule has 1 aliphatic heterocycles. The Balaban J connectivity index is 2.21. The quantitative estimate of drug-likeness (QED) is 0.661. The molecule has 1 saturated heterocycles. The van der Waals surface area contributed by atoms with Gasteiger partial charge in [-0.2, -0.15) is 12.6 Å². The maximum Gasteiger partial charge on any atom is 0.0434 e. The first-order valence-electron chi connectivity index (χ1n) is 5.74. The molecule has 1 N–H and O–H groups in total. The molecule has 0 aliphatic carbocycles. The van der Waals surface area contributed by atoms with E-state index in [0.717, 1.165) is 24.0 Å². The highest BCUT2D eigenvalue weighted by Gasteiger charge is 2.23. The molecule has 1 aliphatic rings. The third-order valence-corrected chi connectivity index (χ3v) is 3.78. The summed E-state index contributed by atoms with van der Waals surface area (Å²) in [6.07, 6.45) is 3.47. The summed E-state index contributed by atoms with van der Waals surface area (Å²) in [6, 6.07) is 0. The largest absolute Gasteiger partial charge is 0.396 e. The van der Waals surface area contributed by atoms with E-state index in [0.29, 0.717) is 6.61 Å². The lowest BCUT2D eigenvalue weighted by molar-refractivity contribution is 0.241. The maximum absolute atomic E-state index is 8.86. The average molecular weight is 217 g/mol. The van der Waals surface area contributed by atoms with E-state index in [2.05, 4.69) is 24.5 Å². The van der Waals surface area contributed by atoms with E-state index in [1.54, 1.807) is 0 Å². The van der Waals surface area contributed by atoms with Crippen LogP contribution in [0.4, 0.5) is 0 Å². The Bertz CT molecular complexity index is 150. The average Bonchev–Trinajstić information content (AvgIpc) is 2.63. The molecule has 2 atom stereocenters. The summed E-state index contributed by atoms with van der Waals surface area (Å²) >= 11 is 4.37. The van der Waals surface area contributed by atoms with E-state index in [9.17, 15) is 0 Å². The fraction of sp³-hybridized carbons (Fsp3) is 1.00. The normalized spacial score (nSPS) is 25.5. The predicted molar refractivity (Wildman–Crippen MR) is 63.9 cm³/mol. The zero-order chi connectivity index (χ0) is 10.4. The Morgan fingerprint density at radius 2 is 2.36 bits per heavy atom.